The monoisotopic (exact) mass is 346 g/mol. The van der Waals surface area contributed by atoms with Crippen LogP contribution in [0.4, 0.5) is 13.2 Å². The normalized spacial score (nSPS) is 17.0. The van der Waals surface area contributed by atoms with Gasteiger partial charge < -0.3 is 5.11 Å². The first-order valence-electron chi connectivity index (χ1n) is 7.14. The number of nitrogens with one attached hydrogen (secondary N) is 2. The Morgan fingerprint density at radius 1 is 1.27 bits per heavy atom. The molecule has 0 aliphatic carbocycles. The van der Waals surface area contributed by atoms with Crippen molar-refractivity contribution >= 4 is 10.0 Å². The minimum absolute atomic E-state index is 0.0117. The molecular formula is C13H25F3N2O3S. The van der Waals surface area contributed by atoms with Gasteiger partial charge in [-0.2, -0.15) is 0 Å². The Morgan fingerprint density at radius 2 is 1.91 bits per heavy atom. The van der Waals surface area contributed by atoms with Crippen molar-refractivity contribution in [3.05, 3.63) is 12.4 Å². The lowest BCUT2D eigenvalue weighted by Gasteiger charge is -2.21. The molecule has 0 heterocycles. The van der Waals surface area contributed by atoms with Crippen molar-refractivity contribution in [3.8, 4) is 0 Å². The van der Waals surface area contributed by atoms with Crippen molar-refractivity contribution in [1.82, 2.24) is 10.0 Å². The molecule has 3 atom stereocenters. The first kappa shape index (κ1) is 21.4. The van der Waals surface area contributed by atoms with Gasteiger partial charge in [-0.15, -0.1) is 0 Å². The van der Waals surface area contributed by atoms with Crippen molar-refractivity contribution in [2.45, 2.75) is 56.8 Å². The molecule has 0 aliphatic heterocycles. The molecule has 3 N–H and O–H groups in total. The predicted octanol–water partition coefficient (Wildman–Crippen LogP) is 1.55. The molecule has 0 aromatic rings. The van der Waals surface area contributed by atoms with Gasteiger partial charge in [0.15, 0.2) is 0 Å². The Morgan fingerprint density at radius 3 is 2.41 bits per heavy atom. The molecular weight excluding hydrogens is 321 g/mol. The van der Waals surface area contributed by atoms with Crippen molar-refractivity contribution in [1.29, 1.82) is 0 Å². The first-order valence-corrected chi connectivity index (χ1v) is 8.68. The number of unbranched alkanes of at least 4 members (excludes halogenated alkanes) is 1. The van der Waals surface area contributed by atoms with Gasteiger partial charge in [0.1, 0.15) is 19.1 Å². The Kier molecular flexibility index (Phi) is 10.7. The number of hydrogen-bond donors (Lipinski definition) is 3. The maximum absolute atomic E-state index is 13.3. The van der Waals surface area contributed by atoms with E-state index < -0.39 is 40.4 Å². The van der Waals surface area contributed by atoms with E-state index >= 15 is 0 Å². The third-order valence-electron chi connectivity index (χ3n) is 3.04. The van der Waals surface area contributed by atoms with Gasteiger partial charge in [0.2, 0.25) is 10.0 Å². The second-order valence-corrected chi connectivity index (χ2v) is 7.51. The third kappa shape index (κ3) is 8.72. The molecule has 9 heteroatoms. The minimum atomic E-state index is -3.31. The van der Waals surface area contributed by atoms with Crippen LogP contribution in [0.1, 0.15) is 33.1 Å². The van der Waals surface area contributed by atoms with E-state index in [-0.39, 0.29) is 19.3 Å². The van der Waals surface area contributed by atoms with Gasteiger partial charge >= 0.3 is 0 Å². The molecule has 0 aliphatic rings. The van der Waals surface area contributed by atoms with Gasteiger partial charge in [0, 0.05) is 6.54 Å². The second-order valence-electron chi connectivity index (χ2n) is 5.19. The Labute approximate surface area is 130 Å². The molecule has 0 rings (SSSR count). The molecule has 0 saturated carbocycles. The number of aliphatic hydroxyl groups excluding tert-OH is 1. The van der Waals surface area contributed by atoms with Crippen LogP contribution in [0.3, 0.4) is 0 Å². The molecule has 0 radical (unpaired) electrons. The molecule has 0 fully saturated rings. The Hall–Kier alpha value is -0.640. The van der Waals surface area contributed by atoms with Crippen LogP contribution in [0, 0.1) is 0 Å². The number of halogens is 3. The highest BCUT2D eigenvalue weighted by atomic mass is 32.2. The molecule has 3 unspecified atom stereocenters. The van der Waals surface area contributed by atoms with Crippen LogP contribution in [-0.2, 0) is 10.0 Å². The lowest BCUT2D eigenvalue weighted by molar-refractivity contribution is 0.0884. The van der Waals surface area contributed by atoms with Crippen LogP contribution in [0.5, 0.6) is 0 Å². The van der Waals surface area contributed by atoms with Crippen LogP contribution in [0.2, 0.25) is 0 Å². The summed E-state index contributed by atoms with van der Waals surface area (Å²) in [6, 6.07) is -1.32. The molecule has 5 nitrogen and oxygen atoms in total. The van der Waals surface area contributed by atoms with Gasteiger partial charge in [-0.3, -0.25) is 5.32 Å². The Balaban J connectivity index is 3.97. The summed E-state index contributed by atoms with van der Waals surface area (Å²) in [6.07, 6.45) is -1.33. The van der Waals surface area contributed by atoms with E-state index in [2.05, 4.69) is 10.0 Å². The topological polar surface area (TPSA) is 78.4 Å². The fourth-order valence-electron chi connectivity index (χ4n) is 1.60. The van der Waals surface area contributed by atoms with E-state index in [9.17, 15) is 26.7 Å². The fourth-order valence-corrected chi connectivity index (χ4v) is 2.36. The summed E-state index contributed by atoms with van der Waals surface area (Å²) in [5.41, 5.74) is 0. The smallest absolute Gasteiger partial charge is 0.213 e. The van der Waals surface area contributed by atoms with Crippen molar-refractivity contribution in [3.63, 3.8) is 0 Å². The quantitative estimate of drug-likeness (QED) is 0.370. The molecule has 132 valence electrons. The van der Waals surface area contributed by atoms with Gasteiger partial charge in [-0.25, -0.2) is 26.3 Å². The van der Waals surface area contributed by atoms with E-state index in [0.29, 0.717) is 18.9 Å². The van der Waals surface area contributed by atoms with Crippen LogP contribution in [0.25, 0.3) is 0 Å². The molecule has 0 spiro atoms. The van der Waals surface area contributed by atoms with Gasteiger partial charge in [0.25, 0.3) is 0 Å². The zero-order valence-corrected chi connectivity index (χ0v) is 13.6. The first-order chi connectivity index (χ1) is 10.2. The van der Waals surface area contributed by atoms with Gasteiger partial charge in [-0.05, 0) is 39.2 Å². The van der Waals surface area contributed by atoms with E-state index in [1.54, 1.807) is 13.8 Å². The zero-order chi connectivity index (χ0) is 17.2. The van der Waals surface area contributed by atoms with Crippen molar-refractivity contribution < 1.29 is 26.7 Å². The zero-order valence-electron chi connectivity index (χ0n) is 12.8. The largest absolute Gasteiger partial charge is 0.379 e. The van der Waals surface area contributed by atoms with E-state index in [4.69, 9.17) is 0 Å². The third-order valence-corrected chi connectivity index (χ3v) is 4.89. The average Bonchev–Trinajstić information content (AvgIpc) is 2.44. The van der Waals surface area contributed by atoms with Gasteiger partial charge in [-0.1, -0.05) is 0 Å². The number of sulfonamides is 1. The summed E-state index contributed by atoms with van der Waals surface area (Å²) < 4.78 is 63.0. The highest BCUT2D eigenvalue weighted by Gasteiger charge is 2.21. The van der Waals surface area contributed by atoms with Gasteiger partial charge in [0.05, 0.1) is 17.6 Å². The van der Waals surface area contributed by atoms with Crippen LogP contribution in [0.15, 0.2) is 12.4 Å². The highest BCUT2D eigenvalue weighted by Crippen LogP contribution is 2.07. The molecule has 0 bridgehead atoms. The van der Waals surface area contributed by atoms with E-state index in [0.717, 1.165) is 0 Å². The maximum atomic E-state index is 13.3. The summed E-state index contributed by atoms with van der Waals surface area (Å²) in [4.78, 5) is 0. The lowest BCUT2D eigenvalue weighted by atomic mass is 10.1. The van der Waals surface area contributed by atoms with E-state index in [1.165, 1.54) is 0 Å². The second kappa shape index (κ2) is 11.0. The molecule has 0 saturated heterocycles. The fraction of sp³-hybridized carbons (Fsp3) is 0.846. The molecule has 0 amide bonds. The summed E-state index contributed by atoms with van der Waals surface area (Å²) in [6.45, 7) is 2.27. The van der Waals surface area contributed by atoms with Crippen LogP contribution >= 0.6 is 0 Å². The average molecular weight is 346 g/mol. The van der Waals surface area contributed by atoms with Crippen LogP contribution in [-0.4, -0.2) is 50.4 Å². The number of rotatable bonds is 12. The SMILES string of the molecule is CC(C)S(=O)(=O)NCCCCC(O)NC(CF)C(F)/C=C/F. The number of hydrogen-bond acceptors (Lipinski definition) is 4. The minimum Gasteiger partial charge on any atom is -0.379 e. The van der Waals surface area contributed by atoms with E-state index in [1.807, 2.05) is 0 Å². The highest BCUT2D eigenvalue weighted by molar-refractivity contribution is 7.90. The summed E-state index contributed by atoms with van der Waals surface area (Å²) in [5.74, 6) is 0. The standard InChI is InChI=1S/C13H25F3N2O3S/c1-10(2)22(20,21)17-8-4-3-5-13(19)18-12(9-15)11(16)6-7-14/h6-7,10-13,17-19H,3-5,8-9H2,1-2H3/b7-6+. The van der Waals surface area contributed by atoms with Crippen molar-refractivity contribution in [2.75, 3.05) is 13.2 Å². The Bertz CT molecular complexity index is 419. The summed E-state index contributed by atoms with van der Waals surface area (Å²) >= 11 is 0. The summed E-state index contributed by atoms with van der Waals surface area (Å²) in [5, 5.41) is 11.4. The maximum Gasteiger partial charge on any atom is 0.213 e. The number of aliphatic hydroxyl groups is 1. The van der Waals surface area contributed by atoms with Crippen LogP contribution < -0.4 is 10.0 Å². The summed E-state index contributed by atoms with van der Waals surface area (Å²) in [7, 11) is -3.31. The number of alkyl halides is 2. The molecule has 0 aromatic heterocycles. The predicted molar refractivity (Wildman–Crippen MR) is 80.0 cm³/mol. The van der Waals surface area contributed by atoms with Crippen molar-refractivity contribution in [2.24, 2.45) is 0 Å². The molecule has 0 aromatic carbocycles. The molecule has 22 heavy (non-hydrogen) atoms. The lowest BCUT2D eigenvalue weighted by Crippen LogP contribution is -2.44.